The molecule has 5 nitrogen and oxygen atoms in total. The normalized spacial score (nSPS) is 14.5. The smallest absolute Gasteiger partial charge is 0.262 e. The number of aryl methyl sites for hydroxylation is 2. The number of halogens is 1. The minimum Gasteiger partial charge on any atom is -0.358 e. The van der Waals surface area contributed by atoms with Gasteiger partial charge in [0, 0.05) is 28.6 Å². The van der Waals surface area contributed by atoms with Crippen molar-refractivity contribution < 1.29 is 17.6 Å². The average molecular weight is 372 g/mol. The number of fused-ring (bicyclic) bond motifs is 3. The lowest BCUT2D eigenvalue weighted by Gasteiger charge is -2.12. The summed E-state index contributed by atoms with van der Waals surface area (Å²) >= 11 is 0. The zero-order chi connectivity index (χ0) is 18.5. The molecule has 134 valence electrons. The monoisotopic (exact) mass is 372 g/mol. The third-order valence-electron chi connectivity index (χ3n) is 4.65. The molecule has 3 aromatic rings. The number of carbonyl (C=O) groups is 1. The van der Waals surface area contributed by atoms with Crippen molar-refractivity contribution in [3.63, 3.8) is 0 Å². The molecule has 1 aliphatic rings. The molecule has 0 atom stereocenters. The van der Waals surface area contributed by atoms with E-state index in [9.17, 15) is 17.6 Å². The lowest BCUT2D eigenvalue weighted by atomic mass is 9.94. The van der Waals surface area contributed by atoms with Gasteiger partial charge in [0.25, 0.3) is 10.0 Å². The summed E-state index contributed by atoms with van der Waals surface area (Å²) in [6, 6.07) is 8.56. The number of rotatable bonds is 3. The minimum atomic E-state index is -3.89. The van der Waals surface area contributed by atoms with Gasteiger partial charge < -0.3 is 4.98 Å². The molecule has 4 rings (SSSR count). The van der Waals surface area contributed by atoms with Gasteiger partial charge in [0.05, 0.1) is 10.6 Å². The molecule has 0 bridgehead atoms. The van der Waals surface area contributed by atoms with E-state index >= 15 is 0 Å². The molecule has 0 aliphatic heterocycles. The number of benzene rings is 2. The Balaban J connectivity index is 1.81. The first-order valence-corrected chi connectivity index (χ1v) is 9.80. The van der Waals surface area contributed by atoms with E-state index in [0.29, 0.717) is 23.1 Å². The molecule has 1 aliphatic carbocycles. The van der Waals surface area contributed by atoms with Gasteiger partial charge in [-0.3, -0.25) is 9.52 Å². The summed E-state index contributed by atoms with van der Waals surface area (Å²) in [5.41, 5.74) is 2.85. The Kier molecular flexibility index (Phi) is 3.84. The molecular formula is C19H17FN2O3S. The molecule has 0 spiro atoms. The molecule has 2 N–H and O–H groups in total. The van der Waals surface area contributed by atoms with Gasteiger partial charge in [-0.2, -0.15) is 0 Å². The number of Topliss-reactive ketones (excluding diaryl/α,β-unsaturated/α-hetero) is 1. The van der Waals surface area contributed by atoms with Crippen LogP contribution in [0.2, 0.25) is 0 Å². The highest BCUT2D eigenvalue weighted by molar-refractivity contribution is 7.92. The van der Waals surface area contributed by atoms with E-state index in [4.69, 9.17) is 0 Å². The standard InChI is InChI=1S/C19H17FN2O3S/c1-11-8-14-16(21-15-6-3-7-17(23)19(14)15)10-18(11)26(24,25)22-13-5-2-4-12(20)9-13/h2,4-5,8-10,21-22H,3,6-7H2,1H3. The molecule has 1 heterocycles. The number of sulfonamides is 1. The second-order valence-electron chi connectivity index (χ2n) is 6.53. The molecule has 7 heteroatoms. The quantitative estimate of drug-likeness (QED) is 0.731. The number of nitrogens with one attached hydrogen (secondary N) is 2. The zero-order valence-electron chi connectivity index (χ0n) is 14.1. The zero-order valence-corrected chi connectivity index (χ0v) is 14.9. The van der Waals surface area contributed by atoms with Crippen LogP contribution in [0, 0.1) is 12.7 Å². The molecule has 0 unspecified atom stereocenters. The first-order chi connectivity index (χ1) is 12.3. The van der Waals surface area contributed by atoms with Crippen molar-refractivity contribution in [2.24, 2.45) is 0 Å². The largest absolute Gasteiger partial charge is 0.358 e. The maximum atomic E-state index is 13.3. The number of anilines is 1. The van der Waals surface area contributed by atoms with Crippen LogP contribution in [0.1, 0.15) is 34.5 Å². The summed E-state index contributed by atoms with van der Waals surface area (Å²) in [6.45, 7) is 1.69. The van der Waals surface area contributed by atoms with Crippen LogP contribution in [0.25, 0.3) is 10.9 Å². The van der Waals surface area contributed by atoms with E-state index in [-0.39, 0.29) is 16.4 Å². The van der Waals surface area contributed by atoms with Gasteiger partial charge in [-0.15, -0.1) is 0 Å². The van der Waals surface area contributed by atoms with Crippen LogP contribution < -0.4 is 4.72 Å². The summed E-state index contributed by atoms with van der Waals surface area (Å²) in [5.74, 6) is -0.432. The fraction of sp³-hybridized carbons (Fsp3) is 0.211. The van der Waals surface area contributed by atoms with Gasteiger partial charge in [0.1, 0.15) is 5.82 Å². The highest BCUT2D eigenvalue weighted by atomic mass is 32.2. The van der Waals surface area contributed by atoms with Gasteiger partial charge in [-0.1, -0.05) is 6.07 Å². The molecule has 0 amide bonds. The summed E-state index contributed by atoms with van der Waals surface area (Å²) in [7, 11) is -3.89. The lowest BCUT2D eigenvalue weighted by molar-refractivity contribution is 0.0974. The highest BCUT2D eigenvalue weighted by Crippen LogP contribution is 2.32. The van der Waals surface area contributed by atoms with Crippen molar-refractivity contribution in [3.8, 4) is 0 Å². The summed E-state index contributed by atoms with van der Waals surface area (Å²) in [5, 5.41) is 0.756. The van der Waals surface area contributed by atoms with Gasteiger partial charge in [-0.05, 0) is 55.7 Å². The van der Waals surface area contributed by atoms with Gasteiger partial charge in [-0.25, -0.2) is 12.8 Å². The van der Waals surface area contributed by atoms with Crippen molar-refractivity contribution >= 4 is 32.4 Å². The Hall–Kier alpha value is -2.67. The molecule has 0 saturated heterocycles. The Morgan fingerprint density at radius 1 is 1.15 bits per heavy atom. The number of carbonyl (C=O) groups excluding carboxylic acids is 1. The van der Waals surface area contributed by atoms with Crippen molar-refractivity contribution in [3.05, 3.63) is 59.0 Å². The average Bonchev–Trinajstić information content (AvgIpc) is 2.92. The van der Waals surface area contributed by atoms with Gasteiger partial charge in [0.2, 0.25) is 0 Å². The fourth-order valence-electron chi connectivity index (χ4n) is 3.49. The van der Waals surface area contributed by atoms with Crippen molar-refractivity contribution in [1.29, 1.82) is 0 Å². The number of hydrogen-bond acceptors (Lipinski definition) is 3. The Morgan fingerprint density at radius 2 is 1.96 bits per heavy atom. The number of aromatic nitrogens is 1. The van der Waals surface area contributed by atoms with Crippen molar-refractivity contribution in [2.45, 2.75) is 31.1 Å². The predicted octanol–water partition coefficient (Wildman–Crippen LogP) is 3.94. The number of hydrogen-bond donors (Lipinski definition) is 2. The number of aromatic amines is 1. The van der Waals surface area contributed by atoms with E-state index < -0.39 is 15.8 Å². The van der Waals surface area contributed by atoms with Crippen LogP contribution in [-0.4, -0.2) is 19.2 Å². The van der Waals surface area contributed by atoms with E-state index in [0.717, 1.165) is 30.0 Å². The van der Waals surface area contributed by atoms with Gasteiger partial charge in [0.15, 0.2) is 5.78 Å². The molecule has 1 aromatic heterocycles. The fourth-order valence-corrected chi connectivity index (χ4v) is 4.80. The van der Waals surface area contributed by atoms with E-state index in [1.165, 1.54) is 24.3 Å². The van der Waals surface area contributed by atoms with E-state index in [2.05, 4.69) is 9.71 Å². The van der Waals surface area contributed by atoms with E-state index in [1.54, 1.807) is 13.0 Å². The van der Waals surface area contributed by atoms with Crippen molar-refractivity contribution in [1.82, 2.24) is 4.98 Å². The van der Waals surface area contributed by atoms with Gasteiger partial charge >= 0.3 is 0 Å². The SMILES string of the molecule is Cc1cc2c3c([nH]c2cc1S(=O)(=O)Nc1cccc(F)c1)CCCC3=O. The Bertz CT molecular complexity index is 1150. The second kappa shape index (κ2) is 5.95. The maximum absolute atomic E-state index is 13.3. The molecular weight excluding hydrogens is 355 g/mol. The topological polar surface area (TPSA) is 79.0 Å². The first-order valence-electron chi connectivity index (χ1n) is 8.32. The van der Waals surface area contributed by atoms with E-state index in [1.807, 2.05) is 0 Å². The molecule has 0 radical (unpaired) electrons. The number of ketones is 1. The second-order valence-corrected chi connectivity index (χ2v) is 8.19. The maximum Gasteiger partial charge on any atom is 0.262 e. The third-order valence-corrected chi connectivity index (χ3v) is 6.17. The van der Waals surface area contributed by atoms with Crippen molar-refractivity contribution in [2.75, 3.05) is 4.72 Å². The first kappa shape index (κ1) is 16.8. The Labute approximate surface area is 150 Å². The highest BCUT2D eigenvalue weighted by Gasteiger charge is 2.25. The van der Waals surface area contributed by atoms with Crippen LogP contribution in [0.4, 0.5) is 10.1 Å². The lowest BCUT2D eigenvalue weighted by Crippen LogP contribution is -2.14. The number of H-pyrrole nitrogens is 1. The molecule has 26 heavy (non-hydrogen) atoms. The summed E-state index contributed by atoms with van der Waals surface area (Å²) < 4.78 is 41.3. The summed E-state index contributed by atoms with van der Waals surface area (Å²) in [6.07, 6.45) is 2.09. The van der Waals surface area contributed by atoms with Crippen LogP contribution >= 0.6 is 0 Å². The molecule has 0 fully saturated rings. The van der Waals surface area contributed by atoms with Crippen LogP contribution in [0.5, 0.6) is 0 Å². The summed E-state index contributed by atoms with van der Waals surface area (Å²) in [4.78, 5) is 15.5. The predicted molar refractivity (Wildman–Crippen MR) is 97.5 cm³/mol. The minimum absolute atomic E-state index is 0.0883. The van der Waals surface area contributed by atoms with Crippen LogP contribution in [-0.2, 0) is 16.4 Å². The van der Waals surface area contributed by atoms with Crippen LogP contribution in [0.15, 0.2) is 41.3 Å². The Morgan fingerprint density at radius 3 is 2.73 bits per heavy atom. The third kappa shape index (κ3) is 2.78. The molecule has 2 aromatic carbocycles. The van der Waals surface area contributed by atoms with Crippen LogP contribution in [0.3, 0.4) is 0 Å². The molecule has 0 saturated carbocycles.